The van der Waals surface area contributed by atoms with Gasteiger partial charge in [-0.2, -0.15) is 0 Å². The molecule has 1 saturated carbocycles. The summed E-state index contributed by atoms with van der Waals surface area (Å²) >= 11 is 0. The fourth-order valence-electron chi connectivity index (χ4n) is 3.26. The maximum Gasteiger partial charge on any atom is 0.192 e. The fourth-order valence-corrected chi connectivity index (χ4v) is 4.61. The van der Waals surface area contributed by atoms with Gasteiger partial charge in [-0.1, -0.05) is 51.1 Å². The third-order valence-corrected chi connectivity index (χ3v) is 10.1. The van der Waals surface area contributed by atoms with E-state index in [1.165, 1.54) is 12.0 Å². The molecule has 0 amide bonds. The molecule has 3 rings (SSSR count). The third kappa shape index (κ3) is 2.60. The minimum atomic E-state index is -1.72. The zero-order valence-electron chi connectivity index (χ0n) is 14.0. The van der Waals surface area contributed by atoms with E-state index in [2.05, 4.69) is 64.2 Å². The Morgan fingerprint density at radius 1 is 1.19 bits per heavy atom. The Kier molecular flexibility index (Phi) is 3.59. The van der Waals surface area contributed by atoms with Crippen molar-refractivity contribution in [2.24, 2.45) is 0 Å². The summed E-state index contributed by atoms with van der Waals surface area (Å²) < 4.78 is 12.9. The Bertz CT molecular complexity index is 506. The molecule has 0 radical (unpaired) electrons. The highest BCUT2D eigenvalue weighted by atomic mass is 28.4. The second kappa shape index (κ2) is 4.93. The van der Waals surface area contributed by atoms with Crippen LogP contribution in [0, 0.1) is 0 Å². The van der Waals surface area contributed by atoms with Gasteiger partial charge in [-0.05, 0) is 43.0 Å². The molecule has 1 heterocycles. The Morgan fingerprint density at radius 3 is 2.48 bits per heavy atom. The van der Waals surface area contributed by atoms with Crippen molar-refractivity contribution in [2.45, 2.75) is 76.0 Å². The first-order valence-corrected chi connectivity index (χ1v) is 11.1. The lowest BCUT2D eigenvalue weighted by Gasteiger charge is -2.40. The van der Waals surface area contributed by atoms with Gasteiger partial charge in [0.1, 0.15) is 11.7 Å². The average molecular weight is 305 g/mol. The molecule has 2 nitrogen and oxygen atoms in total. The van der Waals surface area contributed by atoms with Crippen LogP contribution in [0.1, 0.15) is 45.6 Å². The second-order valence-corrected chi connectivity index (χ2v) is 12.9. The topological polar surface area (TPSA) is 21.8 Å². The van der Waals surface area contributed by atoms with E-state index >= 15 is 0 Å². The van der Waals surface area contributed by atoms with Crippen LogP contribution in [0.5, 0.6) is 0 Å². The number of benzene rings is 1. The quantitative estimate of drug-likeness (QED) is 0.588. The molecule has 0 aromatic heterocycles. The van der Waals surface area contributed by atoms with E-state index in [0.29, 0.717) is 0 Å². The van der Waals surface area contributed by atoms with Gasteiger partial charge in [0.25, 0.3) is 0 Å². The maximum atomic E-state index is 6.66. The molecule has 2 fully saturated rings. The SMILES string of the molecule is CC(C)(C)[Si](C)(C)O[C@H]1CCC[C@]2(c3ccccc3)O[C@H]12. The molecule has 1 aliphatic carbocycles. The molecule has 0 spiro atoms. The lowest BCUT2D eigenvalue weighted by Crippen LogP contribution is -2.46. The predicted octanol–water partition coefficient (Wildman–Crippen LogP) is 4.86. The van der Waals surface area contributed by atoms with Crippen LogP contribution in [-0.4, -0.2) is 20.5 Å². The number of epoxide rings is 1. The van der Waals surface area contributed by atoms with Crippen LogP contribution < -0.4 is 0 Å². The van der Waals surface area contributed by atoms with Gasteiger partial charge in [0.15, 0.2) is 8.32 Å². The van der Waals surface area contributed by atoms with Crippen LogP contribution >= 0.6 is 0 Å². The normalized spacial score (nSPS) is 32.6. The minimum absolute atomic E-state index is 0.0491. The largest absolute Gasteiger partial charge is 0.411 e. The molecular formula is C18H28O2Si. The van der Waals surface area contributed by atoms with E-state index in [0.717, 1.165) is 12.8 Å². The summed E-state index contributed by atoms with van der Waals surface area (Å²) in [6, 6.07) is 10.7. The number of ether oxygens (including phenoxy) is 1. The molecular weight excluding hydrogens is 276 g/mol. The van der Waals surface area contributed by atoms with Gasteiger partial charge in [-0.15, -0.1) is 0 Å². The predicted molar refractivity (Wildman–Crippen MR) is 88.9 cm³/mol. The lowest BCUT2D eigenvalue weighted by atomic mass is 9.82. The first-order valence-electron chi connectivity index (χ1n) is 8.17. The Balaban J connectivity index is 1.76. The van der Waals surface area contributed by atoms with E-state index in [4.69, 9.17) is 9.16 Å². The monoisotopic (exact) mass is 304 g/mol. The molecule has 1 aliphatic heterocycles. The maximum absolute atomic E-state index is 6.66. The van der Waals surface area contributed by atoms with Gasteiger partial charge in [0.2, 0.25) is 0 Å². The standard InChI is InChI=1S/C18H28O2Si/c1-17(2,3)21(4,5)20-15-12-9-13-18(16(15)19-18)14-10-7-6-8-11-14/h6-8,10-11,15-16H,9,12-13H2,1-5H3/t15-,16+,18+/m0/s1. The van der Waals surface area contributed by atoms with Crippen molar-refractivity contribution in [1.29, 1.82) is 0 Å². The van der Waals surface area contributed by atoms with Crippen molar-refractivity contribution < 1.29 is 9.16 Å². The van der Waals surface area contributed by atoms with Crippen molar-refractivity contribution in [3.63, 3.8) is 0 Å². The zero-order chi connectivity index (χ0) is 15.3. The van der Waals surface area contributed by atoms with E-state index < -0.39 is 8.32 Å². The summed E-state index contributed by atoms with van der Waals surface area (Å²) in [5, 5.41) is 0.259. The van der Waals surface area contributed by atoms with Crippen molar-refractivity contribution in [3.8, 4) is 0 Å². The van der Waals surface area contributed by atoms with Crippen LogP contribution in [0.25, 0.3) is 0 Å². The summed E-state index contributed by atoms with van der Waals surface area (Å²) in [7, 11) is -1.72. The second-order valence-electron chi connectivity index (χ2n) is 8.10. The molecule has 21 heavy (non-hydrogen) atoms. The Morgan fingerprint density at radius 2 is 1.86 bits per heavy atom. The van der Waals surface area contributed by atoms with Crippen molar-refractivity contribution in [2.75, 3.05) is 0 Å². The summed E-state index contributed by atoms with van der Waals surface area (Å²) in [5.41, 5.74) is 1.28. The van der Waals surface area contributed by atoms with Crippen LogP contribution in [0.2, 0.25) is 18.1 Å². The molecule has 1 aromatic carbocycles. The Labute approximate surface area is 130 Å². The smallest absolute Gasteiger partial charge is 0.192 e. The highest BCUT2D eigenvalue weighted by Gasteiger charge is 2.63. The first kappa shape index (κ1) is 15.3. The highest BCUT2D eigenvalue weighted by Crippen LogP contribution is 2.57. The number of rotatable bonds is 3. The van der Waals surface area contributed by atoms with Gasteiger partial charge in [-0.3, -0.25) is 0 Å². The average Bonchev–Trinajstić information content (AvgIpc) is 3.15. The first-order chi connectivity index (χ1) is 9.76. The van der Waals surface area contributed by atoms with Gasteiger partial charge in [0.05, 0.1) is 6.10 Å². The minimum Gasteiger partial charge on any atom is -0.411 e. The summed E-state index contributed by atoms with van der Waals surface area (Å²) in [4.78, 5) is 0. The van der Waals surface area contributed by atoms with Gasteiger partial charge >= 0.3 is 0 Å². The highest BCUT2D eigenvalue weighted by molar-refractivity contribution is 6.74. The van der Waals surface area contributed by atoms with Gasteiger partial charge in [0, 0.05) is 0 Å². The van der Waals surface area contributed by atoms with Crippen LogP contribution in [0.3, 0.4) is 0 Å². The molecule has 0 N–H and O–H groups in total. The third-order valence-electron chi connectivity index (χ3n) is 5.63. The summed E-state index contributed by atoms with van der Waals surface area (Å²) in [5.74, 6) is 0. The number of hydrogen-bond donors (Lipinski definition) is 0. The van der Waals surface area contributed by atoms with Gasteiger partial charge < -0.3 is 9.16 Å². The van der Waals surface area contributed by atoms with Crippen molar-refractivity contribution in [1.82, 2.24) is 0 Å². The summed E-state index contributed by atoms with van der Waals surface area (Å²) in [6.45, 7) is 11.6. The Hall–Kier alpha value is -0.643. The van der Waals surface area contributed by atoms with E-state index in [9.17, 15) is 0 Å². The molecule has 0 unspecified atom stereocenters. The molecule has 1 saturated heterocycles. The number of hydrogen-bond acceptors (Lipinski definition) is 2. The molecule has 1 aromatic rings. The van der Waals surface area contributed by atoms with Crippen LogP contribution in [0.15, 0.2) is 30.3 Å². The van der Waals surface area contributed by atoms with Crippen molar-refractivity contribution >= 4 is 8.32 Å². The van der Waals surface area contributed by atoms with Crippen molar-refractivity contribution in [3.05, 3.63) is 35.9 Å². The number of fused-ring (bicyclic) bond motifs is 1. The molecule has 2 aliphatic rings. The molecule has 116 valence electrons. The van der Waals surface area contributed by atoms with Gasteiger partial charge in [-0.25, -0.2) is 0 Å². The molecule has 3 heteroatoms. The van der Waals surface area contributed by atoms with Crippen LogP contribution in [-0.2, 0) is 14.8 Å². The van der Waals surface area contributed by atoms with E-state index in [1.54, 1.807) is 0 Å². The van der Waals surface area contributed by atoms with E-state index in [-0.39, 0.29) is 22.8 Å². The van der Waals surface area contributed by atoms with E-state index in [1.807, 2.05) is 0 Å². The zero-order valence-corrected chi connectivity index (χ0v) is 15.0. The molecule has 0 bridgehead atoms. The summed E-state index contributed by atoms with van der Waals surface area (Å²) in [6.07, 6.45) is 4.03. The van der Waals surface area contributed by atoms with Crippen LogP contribution in [0.4, 0.5) is 0 Å². The lowest BCUT2D eigenvalue weighted by molar-refractivity contribution is 0.130. The molecule has 3 atom stereocenters. The fraction of sp³-hybridized carbons (Fsp3) is 0.667.